The first-order chi connectivity index (χ1) is 7.22. The van der Waals surface area contributed by atoms with Crippen LogP contribution < -0.4 is 5.73 Å². The third-order valence-electron chi connectivity index (χ3n) is 2.99. The van der Waals surface area contributed by atoms with Crippen molar-refractivity contribution < 1.29 is 13.9 Å². The highest BCUT2D eigenvalue weighted by Crippen LogP contribution is 2.51. The maximum Gasteiger partial charge on any atom is 0.373 e. The molecule has 1 fully saturated rings. The Bertz CT molecular complexity index is 366. The number of rotatable bonds is 4. The molecule has 15 heavy (non-hydrogen) atoms. The predicted octanol–water partition coefficient (Wildman–Crippen LogP) is 1.45. The van der Waals surface area contributed by atoms with Crippen molar-refractivity contribution in [1.82, 2.24) is 0 Å². The molecule has 0 radical (unpaired) electrons. The molecule has 0 aliphatic heterocycles. The molecule has 2 N–H and O–H groups in total. The van der Waals surface area contributed by atoms with Gasteiger partial charge in [0.05, 0.1) is 7.11 Å². The summed E-state index contributed by atoms with van der Waals surface area (Å²) in [4.78, 5) is 11.2. The highest BCUT2D eigenvalue weighted by Gasteiger charge is 2.46. The van der Waals surface area contributed by atoms with Gasteiger partial charge in [-0.3, -0.25) is 0 Å². The molecular formula is C11H15NO3. The van der Waals surface area contributed by atoms with E-state index in [4.69, 9.17) is 10.2 Å². The second kappa shape index (κ2) is 3.70. The molecule has 4 nitrogen and oxygen atoms in total. The number of methoxy groups -OCH3 is 1. The van der Waals surface area contributed by atoms with Gasteiger partial charge in [0.25, 0.3) is 0 Å². The van der Waals surface area contributed by atoms with Gasteiger partial charge in [0.15, 0.2) is 0 Å². The molecule has 1 heterocycles. The second-order valence-corrected chi connectivity index (χ2v) is 3.97. The van der Waals surface area contributed by atoms with Gasteiger partial charge in [-0.2, -0.15) is 0 Å². The lowest BCUT2D eigenvalue weighted by Gasteiger charge is -2.09. The fourth-order valence-electron chi connectivity index (χ4n) is 1.88. The number of ether oxygens (including phenoxy) is 1. The number of hydrogen-bond donors (Lipinski definition) is 1. The summed E-state index contributed by atoms with van der Waals surface area (Å²) in [6.07, 6.45) is 3.11. The lowest BCUT2D eigenvalue weighted by molar-refractivity contribution is 0.0562. The summed E-state index contributed by atoms with van der Waals surface area (Å²) < 4.78 is 10.1. The Morgan fingerprint density at radius 1 is 1.60 bits per heavy atom. The zero-order chi connectivity index (χ0) is 10.9. The predicted molar refractivity (Wildman–Crippen MR) is 54.6 cm³/mol. The SMILES string of the molecule is COC(=O)c1ccc(C2(CCN)CC2)o1. The maximum absolute atomic E-state index is 11.2. The van der Waals surface area contributed by atoms with Crippen LogP contribution in [0.1, 0.15) is 35.6 Å². The molecule has 0 atom stereocenters. The minimum Gasteiger partial charge on any atom is -0.463 e. The van der Waals surface area contributed by atoms with Gasteiger partial charge >= 0.3 is 5.97 Å². The molecule has 2 rings (SSSR count). The van der Waals surface area contributed by atoms with E-state index in [9.17, 15) is 4.79 Å². The summed E-state index contributed by atoms with van der Waals surface area (Å²) in [5.74, 6) is 0.717. The molecule has 0 aromatic carbocycles. The van der Waals surface area contributed by atoms with Crippen LogP contribution in [0.3, 0.4) is 0 Å². The summed E-state index contributed by atoms with van der Waals surface area (Å²) >= 11 is 0. The standard InChI is InChI=1S/C11H15NO3/c1-14-10(13)8-2-3-9(15-8)11(4-5-11)6-7-12/h2-3H,4-7,12H2,1H3. The lowest BCUT2D eigenvalue weighted by atomic mass is 10.00. The Hall–Kier alpha value is -1.29. The van der Waals surface area contributed by atoms with Gasteiger partial charge in [0.1, 0.15) is 5.76 Å². The van der Waals surface area contributed by atoms with Crippen LogP contribution in [0.25, 0.3) is 0 Å². The average Bonchev–Trinajstić information content (AvgIpc) is 2.85. The average molecular weight is 209 g/mol. The summed E-state index contributed by atoms with van der Waals surface area (Å²) in [5, 5.41) is 0. The van der Waals surface area contributed by atoms with E-state index in [-0.39, 0.29) is 11.2 Å². The number of carbonyl (C=O) groups excluding carboxylic acids is 1. The molecule has 1 saturated carbocycles. The Kier molecular flexibility index (Phi) is 2.52. The normalized spacial score (nSPS) is 17.5. The topological polar surface area (TPSA) is 65.5 Å². The molecule has 0 saturated heterocycles. The molecule has 1 aliphatic rings. The number of carbonyl (C=O) groups is 1. The summed E-state index contributed by atoms with van der Waals surface area (Å²) in [7, 11) is 1.34. The van der Waals surface area contributed by atoms with Crippen molar-refractivity contribution in [3.63, 3.8) is 0 Å². The van der Waals surface area contributed by atoms with Crippen molar-refractivity contribution in [2.24, 2.45) is 5.73 Å². The van der Waals surface area contributed by atoms with Crippen LogP contribution >= 0.6 is 0 Å². The van der Waals surface area contributed by atoms with Crippen molar-refractivity contribution >= 4 is 5.97 Å². The van der Waals surface area contributed by atoms with E-state index in [1.807, 2.05) is 6.07 Å². The third-order valence-corrected chi connectivity index (χ3v) is 2.99. The van der Waals surface area contributed by atoms with Gasteiger partial charge < -0.3 is 14.9 Å². The van der Waals surface area contributed by atoms with E-state index in [1.165, 1.54) is 7.11 Å². The quantitative estimate of drug-likeness (QED) is 0.762. The summed E-state index contributed by atoms with van der Waals surface area (Å²) in [6.45, 7) is 0.647. The van der Waals surface area contributed by atoms with Gasteiger partial charge in [-0.05, 0) is 37.9 Å². The molecule has 4 heteroatoms. The molecule has 0 bridgehead atoms. The van der Waals surface area contributed by atoms with E-state index in [1.54, 1.807) is 6.07 Å². The number of hydrogen-bond acceptors (Lipinski definition) is 4. The smallest absolute Gasteiger partial charge is 0.373 e. The Balaban J connectivity index is 2.17. The highest BCUT2D eigenvalue weighted by molar-refractivity contribution is 5.86. The van der Waals surface area contributed by atoms with Crippen molar-refractivity contribution in [1.29, 1.82) is 0 Å². The largest absolute Gasteiger partial charge is 0.463 e. The van der Waals surface area contributed by atoms with Crippen molar-refractivity contribution in [3.8, 4) is 0 Å². The van der Waals surface area contributed by atoms with Crippen LogP contribution in [-0.4, -0.2) is 19.6 Å². The van der Waals surface area contributed by atoms with Crippen molar-refractivity contribution in [2.75, 3.05) is 13.7 Å². The Labute approximate surface area is 88.4 Å². The van der Waals surface area contributed by atoms with Gasteiger partial charge in [-0.15, -0.1) is 0 Å². The van der Waals surface area contributed by atoms with Crippen LogP contribution in [0.15, 0.2) is 16.5 Å². The van der Waals surface area contributed by atoms with E-state index >= 15 is 0 Å². The lowest BCUT2D eigenvalue weighted by Crippen LogP contribution is -2.12. The third kappa shape index (κ3) is 1.77. The van der Waals surface area contributed by atoms with Crippen LogP contribution in [0.5, 0.6) is 0 Å². The Morgan fingerprint density at radius 2 is 2.33 bits per heavy atom. The fraction of sp³-hybridized carbons (Fsp3) is 0.545. The van der Waals surface area contributed by atoms with Crippen LogP contribution in [0.2, 0.25) is 0 Å². The summed E-state index contributed by atoms with van der Waals surface area (Å²) in [5.41, 5.74) is 5.65. The zero-order valence-corrected chi connectivity index (χ0v) is 8.79. The van der Waals surface area contributed by atoms with Crippen molar-refractivity contribution in [2.45, 2.75) is 24.7 Å². The zero-order valence-electron chi connectivity index (χ0n) is 8.79. The molecule has 0 spiro atoms. The first kappa shape index (κ1) is 10.2. The van der Waals surface area contributed by atoms with E-state index < -0.39 is 5.97 Å². The minimum atomic E-state index is -0.426. The van der Waals surface area contributed by atoms with Gasteiger partial charge in [-0.1, -0.05) is 0 Å². The maximum atomic E-state index is 11.2. The first-order valence-electron chi connectivity index (χ1n) is 5.10. The fourth-order valence-corrected chi connectivity index (χ4v) is 1.88. The monoisotopic (exact) mass is 209 g/mol. The van der Waals surface area contributed by atoms with E-state index in [2.05, 4.69) is 4.74 Å². The second-order valence-electron chi connectivity index (χ2n) is 3.97. The molecule has 1 aromatic heterocycles. The number of furan rings is 1. The molecule has 1 aliphatic carbocycles. The van der Waals surface area contributed by atoms with Crippen LogP contribution in [0.4, 0.5) is 0 Å². The van der Waals surface area contributed by atoms with Gasteiger partial charge in [0.2, 0.25) is 5.76 Å². The Morgan fingerprint density at radius 3 is 2.87 bits per heavy atom. The molecule has 0 amide bonds. The van der Waals surface area contributed by atoms with Gasteiger partial charge in [0, 0.05) is 5.41 Å². The van der Waals surface area contributed by atoms with Crippen LogP contribution in [0, 0.1) is 0 Å². The van der Waals surface area contributed by atoms with E-state index in [0.717, 1.165) is 25.0 Å². The van der Waals surface area contributed by atoms with Crippen LogP contribution in [-0.2, 0) is 10.2 Å². The molecular weight excluding hydrogens is 194 g/mol. The van der Waals surface area contributed by atoms with Crippen molar-refractivity contribution in [3.05, 3.63) is 23.7 Å². The van der Waals surface area contributed by atoms with E-state index in [0.29, 0.717) is 6.54 Å². The molecule has 1 aromatic rings. The number of nitrogens with two attached hydrogens (primary N) is 1. The number of esters is 1. The molecule has 82 valence electrons. The first-order valence-corrected chi connectivity index (χ1v) is 5.10. The highest BCUT2D eigenvalue weighted by atomic mass is 16.5. The van der Waals surface area contributed by atoms with Gasteiger partial charge in [-0.25, -0.2) is 4.79 Å². The molecule has 0 unspecified atom stereocenters. The summed E-state index contributed by atoms with van der Waals surface area (Å²) in [6, 6.07) is 3.52. The minimum absolute atomic E-state index is 0.0982.